The van der Waals surface area contributed by atoms with Crippen molar-refractivity contribution >= 4 is 32.4 Å². The first-order valence-electron chi connectivity index (χ1n) is 10.5. The molecule has 4 N–H and O–H groups in total. The Morgan fingerprint density at radius 3 is 2.33 bits per heavy atom. The lowest BCUT2D eigenvalue weighted by atomic mass is 10.1. The zero-order chi connectivity index (χ0) is 26.0. The zero-order valence-corrected chi connectivity index (χ0v) is 21.5. The number of fused-ring (bicyclic) bond motifs is 1. The van der Waals surface area contributed by atoms with Crippen LogP contribution in [-0.2, 0) is 16.1 Å². The number of rotatable bonds is 6. The molecule has 184 valence electrons. The SMILES string of the molecule is CC.CC(C)(P)C=O.CCn1cc(C(=O)O)c(=O)c2cc(C#CCOCCN)ccc21.CO. The lowest BCUT2D eigenvalue weighted by Gasteiger charge is -2.10. The number of carboxylic acids is 1. The van der Waals surface area contributed by atoms with Gasteiger partial charge in [-0.1, -0.05) is 25.7 Å². The van der Waals surface area contributed by atoms with E-state index in [-0.39, 0.29) is 17.3 Å². The summed E-state index contributed by atoms with van der Waals surface area (Å²) in [4.78, 5) is 33.4. The average molecular weight is 481 g/mol. The Labute approximate surface area is 198 Å². The highest BCUT2D eigenvalue weighted by atomic mass is 31.0. The summed E-state index contributed by atoms with van der Waals surface area (Å²) < 4.78 is 6.90. The highest BCUT2D eigenvalue weighted by Crippen LogP contribution is 2.14. The summed E-state index contributed by atoms with van der Waals surface area (Å²) in [6, 6.07) is 5.19. The number of nitrogens with two attached hydrogens (primary N) is 1. The van der Waals surface area contributed by atoms with Crippen LogP contribution in [0.5, 0.6) is 0 Å². The number of carboxylic acid groups (broad SMARTS) is 1. The molecule has 0 fully saturated rings. The molecule has 0 aliphatic rings. The van der Waals surface area contributed by atoms with Crippen molar-refractivity contribution in [1.82, 2.24) is 4.57 Å². The number of aryl methyl sites for hydroxylation is 1. The van der Waals surface area contributed by atoms with Gasteiger partial charge in [0.05, 0.1) is 12.1 Å². The standard InChI is InChI=1S/C17H18N2O4.C4H9OP.C2H6.CH4O/c1-2-19-11-14(17(21)22)16(20)13-10-12(5-6-15(13)19)4-3-8-23-9-7-18;1-4(2,6)3-5;2*1-2/h5-6,10-11H,2,7-9,18H2,1H3,(H,21,22);3H,6H2,1-2H3;1-2H3;2H,1H3. The Morgan fingerprint density at radius 2 is 1.88 bits per heavy atom. The van der Waals surface area contributed by atoms with Crippen LogP contribution in [0.25, 0.3) is 10.9 Å². The number of hydrogen-bond acceptors (Lipinski definition) is 6. The Balaban J connectivity index is 0. The van der Waals surface area contributed by atoms with Gasteiger partial charge in [-0.05, 0) is 39.0 Å². The molecular weight excluding hydrogens is 443 g/mol. The molecule has 0 radical (unpaired) electrons. The summed E-state index contributed by atoms with van der Waals surface area (Å²) in [5, 5.41) is 16.3. The lowest BCUT2D eigenvalue weighted by Crippen LogP contribution is -2.18. The van der Waals surface area contributed by atoms with Gasteiger partial charge in [0.15, 0.2) is 0 Å². The normalized spacial score (nSPS) is 9.61. The maximum Gasteiger partial charge on any atom is 0.341 e. The summed E-state index contributed by atoms with van der Waals surface area (Å²) in [5.41, 5.74) is 5.89. The average Bonchev–Trinajstić information content (AvgIpc) is 2.81. The van der Waals surface area contributed by atoms with Crippen LogP contribution >= 0.6 is 9.24 Å². The third kappa shape index (κ3) is 12.3. The van der Waals surface area contributed by atoms with Crippen molar-refractivity contribution in [2.45, 2.75) is 46.3 Å². The molecule has 33 heavy (non-hydrogen) atoms. The second-order valence-corrected chi connectivity index (χ2v) is 8.27. The van der Waals surface area contributed by atoms with Crippen LogP contribution in [0.15, 0.2) is 29.2 Å². The van der Waals surface area contributed by atoms with Crippen LogP contribution in [0.3, 0.4) is 0 Å². The fraction of sp³-hybridized carbons (Fsp3) is 0.458. The monoisotopic (exact) mass is 480 g/mol. The number of aldehydes is 1. The second kappa shape index (κ2) is 17.9. The highest BCUT2D eigenvalue weighted by molar-refractivity contribution is 7.20. The van der Waals surface area contributed by atoms with Crippen molar-refractivity contribution in [3.63, 3.8) is 0 Å². The third-order valence-electron chi connectivity index (χ3n) is 3.62. The Hall–Kier alpha value is -2.56. The zero-order valence-electron chi connectivity index (χ0n) is 20.3. The van der Waals surface area contributed by atoms with Gasteiger partial charge in [0.2, 0.25) is 5.43 Å². The number of nitrogens with zero attached hydrogens (tertiary/aromatic N) is 1. The molecule has 0 spiro atoms. The Bertz CT molecular complexity index is 985. The minimum atomic E-state index is -1.23. The molecule has 1 heterocycles. The number of carbonyl (C=O) groups is 2. The van der Waals surface area contributed by atoms with Crippen molar-refractivity contribution < 1.29 is 24.5 Å². The van der Waals surface area contributed by atoms with Gasteiger partial charge < -0.3 is 30.0 Å². The number of hydrogen-bond donors (Lipinski definition) is 3. The van der Waals surface area contributed by atoms with E-state index in [1.54, 1.807) is 22.8 Å². The van der Waals surface area contributed by atoms with E-state index in [1.165, 1.54) is 6.20 Å². The smallest absolute Gasteiger partial charge is 0.341 e. The van der Waals surface area contributed by atoms with E-state index in [0.29, 0.717) is 36.2 Å². The molecule has 8 nitrogen and oxygen atoms in total. The van der Waals surface area contributed by atoms with Gasteiger partial charge >= 0.3 is 5.97 Å². The maximum atomic E-state index is 12.3. The van der Waals surface area contributed by atoms with Crippen molar-refractivity contribution in [3.8, 4) is 11.8 Å². The van der Waals surface area contributed by atoms with E-state index in [4.69, 9.17) is 15.6 Å². The Kier molecular flexibility index (Phi) is 17.7. The molecule has 9 heteroatoms. The number of aromatic carboxylic acids is 1. The minimum absolute atomic E-state index is 0.222. The summed E-state index contributed by atoms with van der Waals surface area (Å²) in [7, 11) is 3.42. The maximum absolute atomic E-state index is 12.3. The molecule has 2 aromatic rings. The first-order valence-corrected chi connectivity index (χ1v) is 11.1. The predicted molar refractivity (Wildman–Crippen MR) is 137 cm³/mol. The number of ether oxygens (including phenoxy) is 1. The van der Waals surface area contributed by atoms with Crippen LogP contribution in [0.1, 0.15) is 50.5 Å². The molecule has 2 rings (SSSR count). The molecule has 0 amide bonds. The number of benzene rings is 1. The predicted octanol–water partition coefficient (Wildman–Crippen LogP) is 2.52. The van der Waals surface area contributed by atoms with Crippen LogP contribution in [-0.4, -0.2) is 59.1 Å². The van der Waals surface area contributed by atoms with Crippen LogP contribution in [0.2, 0.25) is 0 Å². The fourth-order valence-corrected chi connectivity index (χ4v) is 2.23. The minimum Gasteiger partial charge on any atom is -0.477 e. The third-order valence-corrected chi connectivity index (χ3v) is 3.76. The Morgan fingerprint density at radius 1 is 1.30 bits per heavy atom. The molecule has 0 saturated carbocycles. The van der Waals surface area contributed by atoms with Crippen LogP contribution in [0.4, 0.5) is 0 Å². The molecule has 0 aliphatic carbocycles. The number of aromatic nitrogens is 1. The van der Waals surface area contributed by atoms with E-state index in [2.05, 4.69) is 21.1 Å². The summed E-state index contributed by atoms with van der Waals surface area (Å²) in [6.45, 7) is 11.3. The van der Waals surface area contributed by atoms with E-state index in [9.17, 15) is 19.5 Å². The van der Waals surface area contributed by atoms with Gasteiger partial charge in [0.25, 0.3) is 0 Å². The van der Waals surface area contributed by atoms with E-state index in [1.807, 2.05) is 34.6 Å². The van der Waals surface area contributed by atoms with E-state index >= 15 is 0 Å². The van der Waals surface area contributed by atoms with Crippen molar-refractivity contribution in [2.75, 3.05) is 26.9 Å². The molecule has 1 aromatic heterocycles. The largest absolute Gasteiger partial charge is 0.477 e. The van der Waals surface area contributed by atoms with Gasteiger partial charge in [-0.2, -0.15) is 0 Å². The molecule has 0 saturated heterocycles. The number of carbonyl (C=O) groups excluding carboxylic acids is 1. The molecule has 1 unspecified atom stereocenters. The van der Waals surface area contributed by atoms with Crippen molar-refractivity contribution in [3.05, 3.63) is 45.7 Å². The van der Waals surface area contributed by atoms with Crippen LogP contribution in [0, 0.1) is 11.8 Å². The summed E-state index contributed by atoms with van der Waals surface area (Å²) >= 11 is 0. The van der Waals surface area contributed by atoms with Gasteiger partial charge in [-0.25, -0.2) is 4.79 Å². The molecule has 1 aromatic carbocycles. The van der Waals surface area contributed by atoms with Crippen LogP contribution < -0.4 is 11.2 Å². The summed E-state index contributed by atoms with van der Waals surface area (Å²) in [6.07, 6.45) is 2.27. The quantitative estimate of drug-likeness (QED) is 0.250. The second-order valence-electron chi connectivity index (χ2n) is 6.78. The number of pyridine rings is 1. The molecular formula is C24H37N2O6P. The van der Waals surface area contributed by atoms with Crippen molar-refractivity contribution in [2.24, 2.45) is 5.73 Å². The molecule has 0 aliphatic heterocycles. The first-order chi connectivity index (χ1) is 15.6. The molecule has 1 atom stereocenters. The van der Waals surface area contributed by atoms with E-state index < -0.39 is 11.4 Å². The highest BCUT2D eigenvalue weighted by Gasteiger charge is 2.14. The van der Waals surface area contributed by atoms with Gasteiger partial charge in [0.1, 0.15) is 18.5 Å². The molecule has 0 bridgehead atoms. The number of aliphatic hydroxyl groups is 1. The van der Waals surface area contributed by atoms with Gasteiger partial charge in [-0.15, -0.1) is 9.24 Å². The first kappa shape index (κ1) is 32.6. The van der Waals surface area contributed by atoms with Gasteiger partial charge in [-0.3, -0.25) is 4.79 Å². The van der Waals surface area contributed by atoms with Crippen molar-refractivity contribution in [1.29, 1.82) is 0 Å². The van der Waals surface area contributed by atoms with E-state index in [0.717, 1.165) is 13.4 Å². The fourth-order valence-electron chi connectivity index (χ4n) is 2.23. The lowest BCUT2D eigenvalue weighted by molar-refractivity contribution is -0.109. The topological polar surface area (TPSA) is 132 Å². The van der Waals surface area contributed by atoms with Gasteiger partial charge in [0, 0.05) is 42.5 Å². The number of aliphatic hydroxyl groups excluding tert-OH is 1. The summed E-state index contributed by atoms with van der Waals surface area (Å²) in [5.74, 6) is 4.50.